The summed E-state index contributed by atoms with van der Waals surface area (Å²) < 4.78 is 7.02. The van der Waals surface area contributed by atoms with Crippen molar-refractivity contribution in [2.75, 3.05) is 5.32 Å². The molecule has 0 aliphatic heterocycles. The van der Waals surface area contributed by atoms with Gasteiger partial charge >= 0.3 is 5.63 Å². The van der Waals surface area contributed by atoms with Crippen LogP contribution in [0, 0.1) is 0 Å². The van der Waals surface area contributed by atoms with Crippen molar-refractivity contribution in [1.29, 1.82) is 0 Å². The summed E-state index contributed by atoms with van der Waals surface area (Å²) in [5.74, 6) is -0.184. The second-order valence-corrected chi connectivity index (χ2v) is 5.80. The molecule has 2 aromatic carbocycles. The summed E-state index contributed by atoms with van der Waals surface area (Å²) in [6, 6.07) is 18.4. The Morgan fingerprint density at radius 2 is 1.85 bits per heavy atom. The number of carbonyl (C=O) groups excluding carboxylic acids is 1. The number of amides is 1. The van der Waals surface area contributed by atoms with Crippen molar-refractivity contribution in [3.8, 4) is 0 Å². The van der Waals surface area contributed by atoms with E-state index in [1.54, 1.807) is 35.2 Å². The molecule has 0 radical (unpaired) electrons. The van der Waals surface area contributed by atoms with Crippen LogP contribution in [0.2, 0.25) is 0 Å². The van der Waals surface area contributed by atoms with Gasteiger partial charge in [0, 0.05) is 17.8 Å². The fourth-order valence-corrected chi connectivity index (χ4v) is 2.73. The number of fused-ring (bicyclic) bond motifs is 1. The third-order valence-corrected chi connectivity index (χ3v) is 4.02. The van der Waals surface area contributed by atoms with Gasteiger partial charge in [-0.15, -0.1) is 0 Å². The third kappa shape index (κ3) is 3.12. The highest BCUT2D eigenvalue weighted by atomic mass is 16.4. The molecule has 0 spiro atoms. The van der Waals surface area contributed by atoms with Crippen LogP contribution < -0.4 is 10.9 Å². The summed E-state index contributed by atoms with van der Waals surface area (Å²) in [4.78, 5) is 28.8. The highest BCUT2D eigenvalue weighted by Crippen LogP contribution is 2.14. The standard InChI is InChI=1S/C20H15N3O3/c24-18(16-12-15-8-4-5-9-17(15)26-19(16)25)22-20-21-10-11-23(20)13-14-6-2-1-3-7-14/h1-12H,13H2,(H,21,22,24). The van der Waals surface area contributed by atoms with E-state index in [9.17, 15) is 9.59 Å². The van der Waals surface area contributed by atoms with Gasteiger partial charge < -0.3 is 8.98 Å². The molecule has 0 fully saturated rings. The van der Waals surface area contributed by atoms with E-state index in [1.807, 2.05) is 36.4 Å². The van der Waals surface area contributed by atoms with E-state index in [0.717, 1.165) is 5.56 Å². The number of hydrogen-bond acceptors (Lipinski definition) is 4. The summed E-state index contributed by atoms with van der Waals surface area (Å²) in [6.45, 7) is 0.558. The molecular weight excluding hydrogens is 330 g/mol. The third-order valence-electron chi connectivity index (χ3n) is 4.02. The van der Waals surface area contributed by atoms with Gasteiger partial charge in [-0.05, 0) is 17.7 Å². The van der Waals surface area contributed by atoms with E-state index in [-0.39, 0.29) is 5.56 Å². The number of aromatic nitrogens is 2. The Morgan fingerprint density at radius 1 is 1.08 bits per heavy atom. The molecule has 0 bridgehead atoms. The van der Waals surface area contributed by atoms with Crippen molar-refractivity contribution in [1.82, 2.24) is 9.55 Å². The molecule has 0 aliphatic rings. The Morgan fingerprint density at radius 3 is 2.69 bits per heavy atom. The van der Waals surface area contributed by atoms with Crippen LogP contribution >= 0.6 is 0 Å². The highest BCUT2D eigenvalue weighted by molar-refractivity contribution is 6.04. The Balaban J connectivity index is 1.61. The fourth-order valence-electron chi connectivity index (χ4n) is 2.73. The van der Waals surface area contributed by atoms with Gasteiger partial charge in [0.15, 0.2) is 0 Å². The maximum absolute atomic E-state index is 12.6. The highest BCUT2D eigenvalue weighted by Gasteiger charge is 2.16. The lowest BCUT2D eigenvalue weighted by atomic mass is 10.2. The van der Waals surface area contributed by atoms with Gasteiger partial charge in [-0.3, -0.25) is 10.1 Å². The lowest BCUT2D eigenvalue weighted by molar-refractivity contribution is 0.102. The number of rotatable bonds is 4. The number of hydrogen-bond donors (Lipinski definition) is 1. The van der Waals surface area contributed by atoms with Crippen LogP contribution in [0.25, 0.3) is 11.0 Å². The van der Waals surface area contributed by atoms with Crippen LogP contribution in [0.5, 0.6) is 0 Å². The molecule has 1 amide bonds. The lowest BCUT2D eigenvalue weighted by Gasteiger charge is -2.09. The quantitative estimate of drug-likeness (QED) is 0.576. The van der Waals surface area contributed by atoms with Gasteiger partial charge in [0.05, 0.1) is 6.54 Å². The van der Waals surface area contributed by atoms with Crippen molar-refractivity contribution >= 4 is 22.8 Å². The molecule has 6 nitrogen and oxygen atoms in total. The zero-order chi connectivity index (χ0) is 17.9. The van der Waals surface area contributed by atoms with Crippen molar-refractivity contribution in [3.05, 3.63) is 94.6 Å². The average Bonchev–Trinajstić information content (AvgIpc) is 3.08. The maximum Gasteiger partial charge on any atom is 0.349 e. The number of nitrogens with one attached hydrogen (secondary N) is 1. The van der Waals surface area contributed by atoms with Crippen LogP contribution in [0.4, 0.5) is 5.95 Å². The van der Waals surface area contributed by atoms with Crippen molar-refractivity contribution in [2.24, 2.45) is 0 Å². The minimum atomic E-state index is -0.678. The number of benzene rings is 2. The Hall–Kier alpha value is -3.67. The minimum Gasteiger partial charge on any atom is -0.422 e. The average molecular weight is 345 g/mol. The molecule has 128 valence electrons. The molecule has 0 atom stereocenters. The predicted molar refractivity (Wildman–Crippen MR) is 98.2 cm³/mol. The number of para-hydroxylation sites is 1. The van der Waals surface area contributed by atoms with Gasteiger partial charge in [-0.25, -0.2) is 9.78 Å². The van der Waals surface area contributed by atoms with E-state index in [4.69, 9.17) is 4.42 Å². The van der Waals surface area contributed by atoms with Crippen LogP contribution in [-0.2, 0) is 6.54 Å². The van der Waals surface area contributed by atoms with E-state index < -0.39 is 11.5 Å². The molecule has 4 rings (SSSR count). The van der Waals surface area contributed by atoms with E-state index in [2.05, 4.69) is 10.3 Å². The zero-order valence-corrected chi connectivity index (χ0v) is 13.8. The zero-order valence-electron chi connectivity index (χ0n) is 13.8. The van der Waals surface area contributed by atoms with Crippen molar-refractivity contribution in [3.63, 3.8) is 0 Å². The first-order chi connectivity index (χ1) is 12.7. The molecule has 0 saturated carbocycles. The monoisotopic (exact) mass is 345 g/mol. The first-order valence-electron chi connectivity index (χ1n) is 8.10. The summed E-state index contributed by atoms with van der Waals surface area (Å²) >= 11 is 0. The molecule has 2 aromatic heterocycles. The van der Waals surface area contributed by atoms with Gasteiger partial charge in [-0.2, -0.15) is 0 Å². The number of anilines is 1. The molecule has 1 N–H and O–H groups in total. The molecule has 0 saturated heterocycles. The molecule has 6 heteroatoms. The Labute approximate surface area is 148 Å². The van der Waals surface area contributed by atoms with Gasteiger partial charge in [0.2, 0.25) is 5.95 Å². The predicted octanol–water partition coefficient (Wildman–Crippen LogP) is 3.29. The second-order valence-electron chi connectivity index (χ2n) is 5.80. The largest absolute Gasteiger partial charge is 0.422 e. The van der Waals surface area contributed by atoms with Crippen LogP contribution in [0.15, 0.2) is 82.3 Å². The molecule has 4 aromatic rings. The topological polar surface area (TPSA) is 77.1 Å². The molecule has 0 unspecified atom stereocenters. The Kier molecular flexibility index (Phi) is 4.07. The van der Waals surface area contributed by atoms with Crippen LogP contribution in [0.3, 0.4) is 0 Å². The van der Waals surface area contributed by atoms with E-state index in [0.29, 0.717) is 23.5 Å². The van der Waals surface area contributed by atoms with Crippen molar-refractivity contribution < 1.29 is 9.21 Å². The number of carbonyl (C=O) groups is 1. The first-order valence-corrected chi connectivity index (χ1v) is 8.10. The summed E-state index contributed by atoms with van der Waals surface area (Å²) in [5.41, 5.74) is 0.783. The number of imidazole rings is 1. The van der Waals surface area contributed by atoms with Gasteiger partial charge in [-0.1, -0.05) is 48.5 Å². The summed E-state index contributed by atoms with van der Waals surface area (Å²) in [6.07, 6.45) is 3.37. The second kappa shape index (κ2) is 6.68. The first kappa shape index (κ1) is 15.8. The van der Waals surface area contributed by atoms with E-state index >= 15 is 0 Å². The van der Waals surface area contributed by atoms with Crippen LogP contribution in [-0.4, -0.2) is 15.5 Å². The SMILES string of the molecule is O=C(Nc1nccn1Cc1ccccc1)c1cc2ccccc2oc1=O. The fraction of sp³-hybridized carbons (Fsp3) is 0.0500. The van der Waals surface area contributed by atoms with Crippen LogP contribution in [0.1, 0.15) is 15.9 Å². The van der Waals surface area contributed by atoms with Crippen molar-refractivity contribution in [2.45, 2.75) is 6.54 Å². The maximum atomic E-state index is 12.6. The minimum absolute atomic E-state index is 0.0574. The summed E-state index contributed by atoms with van der Waals surface area (Å²) in [5, 5.41) is 3.37. The molecule has 0 aliphatic carbocycles. The van der Waals surface area contributed by atoms with Gasteiger partial charge in [0.1, 0.15) is 11.1 Å². The number of nitrogens with zero attached hydrogens (tertiary/aromatic N) is 2. The van der Waals surface area contributed by atoms with Gasteiger partial charge in [0.25, 0.3) is 5.91 Å². The molecule has 2 heterocycles. The van der Waals surface area contributed by atoms with E-state index in [1.165, 1.54) is 6.07 Å². The molecule has 26 heavy (non-hydrogen) atoms. The lowest BCUT2D eigenvalue weighted by Crippen LogP contribution is -2.22. The summed E-state index contributed by atoms with van der Waals surface area (Å²) in [7, 11) is 0. The smallest absolute Gasteiger partial charge is 0.349 e. The normalized spacial score (nSPS) is 10.8. The molecular formula is C20H15N3O3. The Bertz CT molecular complexity index is 1130.